The number of carbonyl (C=O) groups excluding carboxylic acids is 1. The minimum atomic E-state index is -0.0890. The highest BCUT2D eigenvalue weighted by molar-refractivity contribution is 5.94. The minimum absolute atomic E-state index is 0.0741. The number of benzene rings is 1. The van der Waals surface area contributed by atoms with E-state index >= 15 is 0 Å². The van der Waals surface area contributed by atoms with Crippen molar-refractivity contribution in [3.8, 4) is 5.69 Å². The van der Waals surface area contributed by atoms with Crippen molar-refractivity contribution >= 4 is 5.91 Å². The highest BCUT2D eigenvalue weighted by Gasteiger charge is 2.15. The Bertz CT molecular complexity index is 645. The van der Waals surface area contributed by atoms with Gasteiger partial charge in [0.1, 0.15) is 0 Å². The lowest BCUT2D eigenvalue weighted by Gasteiger charge is -2.21. The van der Waals surface area contributed by atoms with Crippen LogP contribution in [0.5, 0.6) is 0 Å². The summed E-state index contributed by atoms with van der Waals surface area (Å²) in [4.78, 5) is 12.1. The molecule has 2 rings (SSSR count). The Hall–Kier alpha value is -2.14. The van der Waals surface area contributed by atoms with Crippen molar-refractivity contribution in [1.29, 1.82) is 0 Å². The maximum atomic E-state index is 12.1. The van der Waals surface area contributed by atoms with Gasteiger partial charge in [-0.05, 0) is 55.0 Å². The number of nitrogens with one attached hydrogen (secondary N) is 1. The lowest BCUT2D eigenvalue weighted by atomic mass is 9.89. The van der Waals surface area contributed by atoms with E-state index in [0.29, 0.717) is 12.1 Å². The largest absolute Gasteiger partial charge is 0.396 e. The summed E-state index contributed by atoms with van der Waals surface area (Å²) in [5, 5.41) is 16.4. The van der Waals surface area contributed by atoms with Gasteiger partial charge in [0, 0.05) is 24.9 Å². The first-order chi connectivity index (χ1) is 10.9. The van der Waals surface area contributed by atoms with Crippen molar-refractivity contribution in [2.75, 3.05) is 13.2 Å². The fraction of sp³-hybridized carbons (Fsp3) is 0.444. The van der Waals surface area contributed by atoms with Crippen LogP contribution in [-0.2, 0) is 0 Å². The first-order valence-electron chi connectivity index (χ1n) is 7.92. The quantitative estimate of drug-likeness (QED) is 0.772. The number of rotatable bonds is 7. The van der Waals surface area contributed by atoms with Gasteiger partial charge < -0.3 is 10.4 Å². The van der Waals surface area contributed by atoms with Crippen molar-refractivity contribution < 1.29 is 9.90 Å². The maximum absolute atomic E-state index is 12.1. The molecule has 124 valence electrons. The third kappa shape index (κ3) is 4.93. The molecular formula is C18H25N3O2. The molecule has 2 N–H and O–H groups in total. The summed E-state index contributed by atoms with van der Waals surface area (Å²) in [6.45, 7) is 6.80. The summed E-state index contributed by atoms with van der Waals surface area (Å²) >= 11 is 0. The Morgan fingerprint density at radius 1 is 1.30 bits per heavy atom. The van der Waals surface area contributed by atoms with E-state index in [4.69, 9.17) is 0 Å². The van der Waals surface area contributed by atoms with E-state index in [1.165, 1.54) is 0 Å². The molecule has 0 saturated carbocycles. The number of amides is 1. The number of aryl methyl sites for hydroxylation is 1. The van der Waals surface area contributed by atoms with Crippen LogP contribution in [0.3, 0.4) is 0 Å². The summed E-state index contributed by atoms with van der Waals surface area (Å²) in [7, 11) is 0. The second-order valence-corrected chi connectivity index (χ2v) is 6.69. The molecule has 0 saturated heterocycles. The standard InChI is InChI=1S/C18H25N3O2/c1-14-11-20-21(12-14)16-7-5-15(6-8-16)17(23)19-10-4-9-18(2,3)13-22/h5-8,11-12,22H,4,9-10,13H2,1-3H3,(H,19,23). The average molecular weight is 315 g/mol. The van der Waals surface area contributed by atoms with Crippen LogP contribution in [0.15, 0.2) is 36.7 Å². The van der Waals surface area contributed by atoms with Crippen LogP contribution >= 0.6 is 0 Å². The molecule has 0 radical (unpaired) electrons. The van der Waals surface area contributed by atoms with Gasteiger partial charge in [-0.25, -0.2) is 4.68 Å². The van der Waals surface area contributed by atoms with E-state index in [-0.39, 0.29) is 17.9 Å². The highest BCUT2D eigenvalue weighted by Crippen LogP contribution is 2.20. The second-order valence-electron chi connectivity index (χ2n) is 6.69. The molecular weight excluding hydrogens is 290 g/mol. The molecule has 0 bridgehead atoms. The van der Waals surface area contributed by atoms with Crippen LogP contribution in [0, 0.1) is 12.3 Å². The predicted molar refractivity (Wildman–Crippen MR) is 90.7 cm³/mol. The molecule has 0 unspecified atom stereocenters. The Kier molecular flexibility index (Phi) is 5.55. The van der Waals surface area contributed by atoms with Gasteiger partial charge in [0.15, 0.2) is 0 Å². The molecule has 5 nitrogen and oxygen atoms in total. The molecule has 0 aliphatic carbocycles. The van der Waals surface area contributed by atoms with E-state index < -0.39 is 0 Å². The van der Waals surface area contributed by atoms with E-state index in [1.807, 2.05) is 39.1 Å². The van der Waals surface area contributed by atoms with E-state index in [1.54, 1.807) is 23.0 Å². The predicted octanol–water partition coefficient (Wildman–Crippen LogP) is 2.71. The number of carbonyl (C=O) groups is 1. The fourth-order valence-electron chi connectivity index (χ4n) is 2.27. The molecule has 0 aliphatic rings. The van der Waals surface area contributed by atoms with Crippen LogP contribution in [0.25, 0.3) is 5.69 Å². The van der Waals surface area contributed by atoms with Crippen LogP contribution in [-0.4, -0.2) is 33.9 Å². The Labute approximate surface area is 137 Å². The third-order valence-electron chi connectivity index (χ3n) is 3.85. The van der Waals surface area contributed by atoms with Crippen molar-refractivity contribution in [2.24, 2.45) is 5.41 Å². The number of hydrogen-bond acceptors (Lipinski definition) is 3. The molecule has 23 heavy (non-hydrogen) atoms. The molecule has 1 amide bonds. The summed E-state index contributed by atoms with van der Waals surface area (Å²) < 4.78 is 1.79. The van der Waals surface area contributed by atoms with Gasteiger partial charge in [0.25, 0.3) is 5.91 Å². The Morgan fingerprint density at radius 2 is 2.00 bits per heavy atom. The maximum Gasteiger partial charge on any atom is 0.251 e. The van der Waals surface area contributed by atoms with E-state index in [2.05, 4.69) is 10.4 Å². The van der Waals surface area contributed by atoms with Gasteiger partial charge in [-0.15, -0.1) is 0 Å². The number of aromatic nitrogens is 2. The lowest BCUT2D eigenvalue weighted by Crippen LogP contribution is -2.26. The van der Waals surface area contributed by atoms with Crippen molar-refractivity contribution in [1.82, 2.24) is 15.1 Å². The van der Waals surface area contributed by atoms with Gasteiger partial charge in [0.05, 0.1) is 11.9 Å². The molecule has 1 aromatic carbocycles. The molecule has 0 atom stereocenters. The lowest BCUT2D eigenvalue weighted by molar-refractivity contribution is 0.0948. The third-order valence-corrected chi connectivity index (χ3v) is 3.85. The first kappa shape index (κ1) is 17.2. The smallest absolute Gasteiger partial charge is 0.251 e. The van der Waals surface area contributed by atoms with Crippen LogP contribution in [0.4, 0.5) is 0 Å². The van der Waals surface area contributed by atoms with Crippen molar-refractivity contribution in [3.05, 3.63) is 47.8 Å². The van der Waals surface area contributed by atoms with E-state index in [0.717, 1.165) is 24.1 Å². The van der Waals surface area contributed by atoms with Crippen LogP contribution in [0.2, 0.25) is 0 Å². The van der Waals surface area contributed by atoms with Crippen molar-refractivity contribution in [3.63, 3.8) is 0 Å². The highest BCUT2D eigenvalue weighted by atomic mass is 16.3. The second kappa shape index (κ2) is 7.42. The number of hydrogen-bond donors (Lipinski definition) is 2. The molecule has 5 heteroatoms. The van der Waals surface area contributed by atoms with Gasteiger partial charge in [-0.1, -0.05) is 13.8 Å². The number of nitrogens with zero attached hydrogens (tertiary/aromatic N) is 2. The zero-order valence-electron chi connectivity index (χ0n) is 14.0. The van der Waals surface area contributed by atoms with Gasteiger partial charge in [-0.3, -0.25) is 4.79 Å². The normalized spacial score (nSPS) is 11.5. The molecule has 1 heterocycles. The van der Waals surface area contributed by atoms with Gasteiger partial charge in [0.2, 0.25) is 0 Å². The average Bonchev–Trinajstić information content (AvgIpc) is 2.98. The summed E-state index contributed by atoms with van der Waals surface area (Å²) in [6.07, 6.45) is 5.47. The zero-order chi connectivity index (χ0) is 16.9. The molecule has 0 aliphatic heterocycles. The molecule has 2 aromatic rings. The Balaban J connectivity index is 1.86. The Morgan fingerprint density at radius 3 is 2.57 bits per heavy atom. The van der Waals surface area contributed by atoms with Crippen molar-refractivity contribution in [2.45, 2.75) is 33.6 Å². The van der Waals surface area contributed by atoms with E-state index in [9.17, 15) is 9.90 Å². The first-order valence-corrected chi connectivity index (χ1v) is 7.92. The van der Waals surface area contributed by atoms with Crippen LogP contribution < -0.4 is 5.32 Å². The van der Waals surface area contributed by atoms with Crippen LogP contribution in [0.1, 0.15) is 42.6 Å². The van der Waals surface area contributed by atoms with Gasteiger partial charge in [-0.2, -0.15) is 5.10 Å². The van der Waals surface area contributed by atoms with Gasteiger partial charge >= 0.3 is 0 Å². The topological polar surface area (TPSA) is 67.2 Å². The number of aliphatic hydroxyl groups excluding tert-OH is 1. The minimum Gasteiger partial charge on any atom is -0.396 e. The zero-order valence-corrected chi connectivity index (χ0v) is 14.0. The summed E-state index contributed by atoms with van der Waals surface area (Å²) in [5.41, 5.74) is 2.57. The molecule has 0 fully saturated rings. The summed E-state index contributed by atoms with van der Waals surface area (Å²) in [5.74, 6) is -0.0741. The number of aliphatic hydroxyl groups is 1. The SMILES string of the molecule is Cc1cnn(-c2ccc(C(=O)NCCCC(C)(C)CO)cc2)c1. The molecule has 1 aromatic heterocycles. The summed E-state index contributed by atoms with van der Waals surface area (Å²) in [6, 6.07) is 7.38. The monoisotopic (exact) mass is 315 g/mol. The molecule has 0 spiro atoms. The fourth-order valence-corrected chi connectivity index (χ4v) is 2.27.